The maximum absolute atomic E-state index is 14.6. The van der Waals surface area contributed by atoms with Crippen molar-refractivity contribution < 1.29 is 14.0 Å². The van der Waals surface area contributed by atoms with Gasteiger partial charge < -0.3 is 15.5 Å². The van der Waals surface area contributed by atoms with E-state index in [9.17, 15) is 14.0 Å². The highest BCUT2D eigenvalue weighted by atomic mass is 19.1. The number of nitrogens with zero attached hydrogens (tertiary/aromatic N) is 1. The van der Waals surface area contributed by atoms with Crippen molar-refractivity contribution in [3.05, 3.63) is 58.9 Å². The van der Waals surface area contributed by atoms with E-state index < -0.39 is 11.4 Å². The van der Waals surface area contributed by atoms with Gasteiger partial charge in [0.15, 0.2) is 0 Å². The molecule has 2 aromatic carbocycles. The SMILES string of the molecule is Cc1ccc(NC(=O)Nc2ccc(F)c([C@H]3N(C)C(=O)CC3(C)C)c2)c(C)c1. The van der Waals surface area contributed by atoms with E-state index in [0.29, 0.717) is 23.4 Å². The van der Waals surface area contributed by atoms with Gasteiger partial charge >= 0.3 is 6.03 Å². The van der Waals surface area contributed by atoms with Crippen molar-refractivity contribution in [2.45, 2.75) is 40.2 Å². The molecule has 2 aromatic rings. The van der Waals surface area contributed by atoms with Crippen molar-refractivity contribution in [3.63, 3.8) is 0 Å². The Bertz CT molecular complexity index is 939. The average molecular weight is 383 g/mol. The van der Waals surface area contributed by atoms with E-state index in [1.807, 2.05) is 45.9 Å². The molecule has 1 aliphatic rings. The lowest BCUT2D eigenvalue weighted by Gasteiger charge is -2.31. The highest BCUT2D eigenvalue weighted by Gasteiger charge is 2.45. The Morgan fingerprint density at radius 3 is 2.46 bits per heavy atom. The summed E-state index contributed by atoms with van der Waals surface area (Å²) < 4.78 is 14.6. The predicted molar refractivity (Wildman–Crippen MR) is 109 cm³/mol. The van der Waals surface area contributed by atoms with Gasteiger partial charge in [-0.25, -0.2) is 9.18 Å². The normalized spacial score (nSPS) is 18.3. The topological polar surface area (TPSA) is 61.4 Å². The average Bonchev–Trinajstić information content (AvgIpc) is 2.79. The Labute approximate surface area is 164 Å². The van der Waals surface area contributed by atoms with Crippen molar-refractivity contribution in [2.75, 3.05) is 17.7 Å². The summed E-state index contributed by atoms with van der Waals surface area (Å²) in [6, 6.07) is 9.43. The molecule has 1 fully saturated rings. The van der Waals surface area contributed by atoms with Crippen molar-refractivity contribution in [2.24, 2.45) is 5.41 Å². The Balaban J connectivity index is 1.81. The minimum absolute atomic E-state index is 0.0136. The fraction of sp³-hybridized carbons (Fsp3) is 0.364. The molecule has 0 bridgehead atoms. The van der Waals surface area contributed by atoms with Crippen LogP contribution in [0.15, 0.2) is 36.4 Å². The lowest BCUT2D eigenvalue weighted by atomic mass is 9.80. The molecule has 0 spiro atoms. The van der Waals surface area contributed by atoms with E-state index in [4.69, 9.17) is 0 Å². The Kier molecular flexibility index (Phi) is 5.15. The largest absolute Gasteiger partial charge is 0.338 e. The molecule has 0 aromatic heterocycles. The molecule has 0 aliphatic carbocycles. The predicted octanol–water partition coefficient (Wildman–Crippen LogP) is 5.02. The van der Waals surface area contributed by atoms with Gasteiger partial charge in [-0.2, -0.15) is 0 Å². The summed E-state index contributed by atoms with van der Waals surface area (Å²) in [5.41, 5.74) is 3.27. The molecular weight excluding hydrogens is 357 g/mol. The minimum Gasteiger partial charge on any atom is -0.338 e. The molecule has 0 saturated carbocycles. The van der Waals surface area contributed by atoms with Gasteiger partial charge in [0.25, 0.3) is 0 Å². The van der Waals surface area contributed by atoms with Crippen LogP contribution in [0.1, 0.15) is 43.0 Å². The molecule has 28 heavy (non-hydrogen) atoms. The number of carbonyl (C=O) groups excluding carboxylic acids is 2. The number of likely N-dealkylation sites (tertiary alicyclic amines) is 1. The smallest absolute Gasteiger partial charge is 0.323 e. The lowest BCUT2D eigenvalue weighted by molar-refractivity contribution is -0.127. The van der Waals surface area contributed by atoms with Gasteiger partial charge in [-0.3, -0.25) is 4.79 Å². The number of aryl methyl sites for hydroxylation is 2. The van der Waals surface area contributed by atoms with E-state index in [0.717, 1.165) is 11.1 Å². The second kappa shape index (κ2) is 7.26. The highest BCUT2D eigenvalue weighted by molar-refractivity contribution is 6.00. The van der Waals surface area contributed by atoms with Crippen LogP contribution in [0.25, 0.3) is 0 Å². The molecule has 2 N–H and O–H groups in total. The third kappa shape index (κ3) is 3.86. The summed E-state index contributed by atoms with van der Waals surface area (Å²) in [5.74, 6) is -0.402. The van der Waals surface area contributed by atoms with Gasteiger partial charge in [0.05, 0.1) is 6.04 Å². The fourth-order valence-electron chi connectivity index (χ4n) is 3.98. The summed E-state index contributed by atoms with van der Waals surface area (Å²) in [7, 11) is 1.69. The standard InChI is InChI=1S/C22H26FN3O2/c1-13-6-9-18(14(2)10-13)25-21(28)24-15-7-8-17(23)16(11-15)20-22(3,4)12-19(27)26(20)5/h6-11,20H,12H2,1-5H3,(H2,24,25,28)/t20-/m1/s1. The zero-order chi connectivity index (χ0) is 20.6. The Morgan fingerprint density at radius 2 is 1.86 bits per heavy atom. The number of hydrogen-bond donors (Lipinski definition) is 2. The van der Waals surface area contributed by atoms with Crippen LogP contribution in [0.2, 0.25) is 0 Å². The number of nitrogens with one attached hydrogen (secondary N) is 2. The second-order valence-electron chi connectivity index (χ2n) is 8.21. The molecule has 148 valence electrons. The molecule has 5 nitrogen and oxygen atoms in total. The lowest BCUT2D eigenvalue weighted by Crippen LogP contribution is -2.28. The number of carbonyl (C=O) groups is 2. The second-order valence-corrected chi connectivity index (χ2v) is 8.21. The zero-order valence-corrected chi connectivity index (χ0v) is 16.9. The summed E-state index contributed by atoms with van der Waals surface area (Å²) in [6.07, 6.45) is 0.360. The van der Waals surface area contributed by atoms with Gasteiger partial charge in [0, 0.05) is 30.4 Å². The van der Waals surface area contributed by atoms with E-state index in [1.54, 1.807) is 18.0 Å². The number of urea groups is 1. The number of halogens is 1. The quantitative estimate of drug-likeness (QED) is 0.782. The van der Waals surface area contributed by atoms with Crippen LogP contribution in [0.5, 0.6) is 0 Å². The molecular formula is C22H26FN3O2. The minimum atomic E-state index is -0.403. The third-order valence-electron chi connectivity index (χ3n) is 5.31. The van der Waals surface area contributed by atoms with Crippen molar-refractivity contribution >= 4 is 23.3 Å². The van der Waals surface area contributed by atoms with Crippen molar-refractivity contribution in [3.8, 4) is 0 Å². The van der Waals surface area contributed by atoms with E-state index in [1.165, 1.54) is 12.1 Å². The van der Waals surface area contributed by atoms with Gasteiger partial charge in [0.2, 0.25) is 5.91 Å². The van der Waals surface area contributed by atoms with Crippen molar-refractivity contribution in [1.29, 1.82) is 0 Å². The van der Waals surface area contributed by atoms with Crippen molar-refractivity contribution in [1.82, 2.24) is 4.90 Å². The summed E-state index contributed by atoms with van der Waals surface area (Å²) in [5, 5.41) is 5.57. The molecule has 0 radical (unpaired) electrons. The van der Waals surface area contributed by atoms with Gasteiger partial charge in [-0.1, -0.05) is 31.5 Å². The van der Waals surface area contributed by atoms with Gasteiger partial charge in [-0.05, 0) is 49.1 Å². The number of hydrogen-bond acceptors (Lipinski definition) is 2. The number of benzene rings is 2. The number of anilines is 2. The number of amides is 3. The zero-order valence-electron chi connectivity index (χ0n) is 16.9. The summed E-state index contributed by atoms with van der Waals surface area (Å²) >= 11 is 0. The molecule has 1 atom stereocenters. The van der Waals surface area contributed by atoms with Gasteiger partial charge in [0.1, 0.15) is 5.82 Å². The maximum Gasteiger partial charge on any atom is 0.323 e. The first-order valence-electron chi connectivity index (χ1n) is 9.29. The molecule has 3 rings (SSSR count). The Hall–Kier alpha value is -2.89. The van der Waals surface area contributed by atoms with Crippen LogP contribution in [0.4, 0.5) is 20.6 Å². The van der Waals surface area contributed by atoms with Crippen LogP contribution < -0.4 is 10.6 Å². The van der Waals surface area contributed by atoms with Crippen LogP contribution in [-0.4, -0.2) is 23.9 Å². The molecule has 1 saturated heterocycles. The number of rotatable bonds is 3. The monoisotopic (exact) mass is 383 g/mol. The van der Waals surface area contributed by atoms with Gasteiger partial charge in [-0.15, -0.1) is 0 Å². The highest BCUT2D eigenvalue weighted by Crippen LogP contribution is 2.47. The van der Waals surface area contributed by atoms with E-state index in [2.05, 4.69) is 10.6 Å². The first-order chi connectivity index (χ1) is 13.1. The third-order valence-corrected chi connectivity index (χ3v) is 5.31. The van der Waals surface area contributed by atoms with Crippen LogP contribution >= 0.6 is 0 Å². The summed E-state index contributed by atoms with van der Waals surface area (Å²) in [6.45, 7) is 7.81. The van der Waals surface area contributed by atoms with Crippen LogP contribution in [0, 0.1) is 25.1 Å². The summed E-state index contributed by atoms with van der Waals surface area (Å²) in [4.78, 5) is 26.1. The van der Waals surface area contributed by atoms with Crippen LogP contribution in [0.3, 0.4) is 0 Å². The fourth-order valence-corrected chi connectivity index (χ4v) is 3.98. The maximum atomic E-state index is 14.6. The molecule has 1 aliphatic heterocycles. The first kappa shape index (κ1) is 19.9. The molecule has 6 heteroatoms. The molecule has 0 unspecified atom stereocenters. The molecule has 1 heterocycles. The van der Waals surface area contributed by atoms with E-state index >= 15 is 0 Å². The van der Waals surface area contributed by atoms with E-state index in [-0.39, 0.29) is 17.8 Å². The molecule has 3 amide bonds. The first-order valence-corrected chi connectivity index (χ1v) is 9.29. The Morgan fingerprint density at radius 1 is 1.14 bits per heavy atom. The van der Waals surface area contributed by atoms with Crippen LogP contribution in [-0.2, 0) is 4.79 Å².